The molecule has 2 N–H and O–H groups in total. The molecule has 2 atom stereocenters. The fourth-order valence-corrected chi connectivity index (χ4v) is 1.75. The molecule has 1 aliphatic heterocycles. The molecule has 2 amide bonds. The first-order chi connectivity index (χ1) is 8.06. The number of aliphatic carboxylic acids is 1. The van der Waals surface area contributed by atoms with Crippen LogP contribution in [0.5, 0.6) is 0 Å². The van der Waals surface area contributed by atoms with Crippen molar-refractivity contribution in [1.29, 1.82) is 0 Å². The van der Waals surface area contributed by atoms with Gasteiger partial charge in [-0.15, -0.1) is 0 Å². The number of carbonyl (C=O) groups is 2. The van der Waals surface area contributed by atoms with Crippen molar-refractivity contribution in [3.05, 3.63) is 0 Å². The number of ether oxygens (including phenoxy) is 1. The van der Waals surface area contributed by atoms with Gasteiger partial charge in [-0.3, -0.25) is 4.79 Å². The number of rotatable bonds is 4. The number of morpholine rings is 1. The zero-order valence-electron chi connectivity index (χ0n) is 10.3. The van der Waals surface area contributed by atoms with Crippen LogP contribution in [0.1, 0.15) is 20.3 Å². The Hall–Kier alpha value is -1.30. The van der Waals surface area contributed by atoms with E-state index in [0.29, 0.717) is 26.2 Å². The zero-order chi connectivity index (χ0) is 12.8. The Morgan fingerprint density at radius 2 is 2.29 bits per heavy atom. The molecule has 0 aliphatic carbocycles. The zero-order valence-corrected chi connectivity index (χ0v) is 10.3. The number of carboxylic acid groups (broad SMARTS) is 1. The minimum absolute atomic E-state index is 0.0358. The fourth-order valence-electron chi connectivity index (χ4n) is 1.75. The van der Waals surface area contributed by atoms with Crippen LogP contribution in [0.4, 0.5) is 4.79 Å². The van der Waals surface area contributed by atoms with E-state index >= 15 is 0 Å². The van der Waals surface area contributed by atoms with Gasteiger partial charge in [0.15, 0.2) is 0 Å². The molecular formula is C11H20N2O4. The van der Waals surface area contributed by atoms with Crippen molar-refractivity contribution < 1.29 is 19.4 Å². The lowest BCUT2D eigenvalue weighted by Crippen LogP contribution is -2.52. The smallest absolute Gasteiger partial charge is 0.317 e. The van der Waals surface area contributed by atoms with Gasteiger partial charge in [-0.2, -0.15) is 0 Å². The first kappa shape index (κ1) is 13.8. The lowest BCUT2D eigenvalue weighted by atomic mass is 10.1. The molecule has 0 bridgehead atoms. The number of carboxylic acids is 1. The third-order valence-electron chi connectivity index (χ3n) is 2.97. The van der Waals surface area contributed by atoms with Crippen molar-refractivity contribution in [2.24, 2.45) is 5.92 Å². The molecule has 1 rings (SSSR count). The third-order valence-corrected chi connectivity index (χ3v) is 2.97. The summed E-state index contributed by atoms with van der Waals surface area (Å²) in [6.07, 6.45) is 0.508. The number of nitrogens with zero attached hydrogens (tertiary/aromatic N) is 1. The summed E-state index contributed by atoms with van der Waals surface area (Å²) < 4.78 is 5.23. The number of amides is 2. The van der Waals surface area contributed by atoms with E-state index in [9.17, 15) is 9.59 Å². The highest BCUT2D eigenvalue weighted by molar-refractivity contribution is 5.76. The first-order valence-electron chi connectivity index (χ1n) is 5.91. The highest BCUT2D eigenvalue weighted by Crippen LogP contribution is 2.07. The van der Waals surface area contributed by atoms with Gasteiger partial charge in [0, 0.05) is 13.1 Å². The second-order valence-corrected chi connectivity index (χ2v) is 4.25. The summed E-state index contributed by atoms with van der Waals surface area (Å²) in [6.45, 7) is 5.50. The maximum atomic E-state index is 11.8. The van der Waals surface area contributed by atoms with Gasteiger partial charge in [0.05, 0.1) is 25.2 Å². The second kappa shape index (κ2) is 6.44. The van der Waals surface area contributed by atoms with Gasteiger partial charge in [0.1, 0.15) is 0 Å². The van der Waals surface area contributed by atoms with E-state index in [-0.39, 0.29) is 18.6 Å². The van der Waals surface area contributed by atoms with Gasteiger partial charge in [-0.25, -0.2) is 4.79 Å². The Morgan fingerprint density at radius 1 is 1.59 bits per heavy atom. The molecule has 0 spiro atoms. The van der Waals surface area contributed by atoms with E-state index in [1.54, 1.807) is 11.8 Å². The molecule has 1 heterocycles. The van der Waals surface area contributed by atoms with Crippen LogP contribution in [0.15, 0.2) is 0 Å². The van der Waals surface area contributed by atoms with Crippen LogP contribution in [0.3, 0.4) is 0 Å². The molecule has 2 unspecified atom stereocenters. The topological polar surface area (TPSA) is 78.9 Å². The summed E-state index contributed by atoms with van der Waals surface area (Å²) in [5, 5.41) is 11.5. The van der Waals surface area contributed by atoms with Crippen LogP contribution in [-0.4, -0.2) is 54.4 Å². The lowest BCUT2D eigenvalue weighted by Gasteiger charge is -2.33. The van der Waals surface area contributed by atoms with Gasteiger partial charge >= 0.3 is 12.0 Å². The van der Waals surface area contributed by atoms with Gasteiger partial charge in [0.25, 0.3) is 0 Å². The molecule has 0 saturated carbocycles. The Kier molecular flexibility index (Phi) is 5.21. The first-order valence-corrected chi connectivity index (χ1v) is 5.91. The van der Waals surface area contributed by atoms with Crippen LogP contribution in [0.2, 0.25) is 0 Å². The summed E-state index contributed by atoms with van der Waals surface area (Å²) in [7, 11) is 0. The maximum absolute atomic E-state index is 11.8. The van der Waals surface area contributed by atoms with Crippen molar-refractivity contribution in [3.63, 3.8) is 0 Å². The molecule has 6 heteroatoms. The number of urea groups is 1. The van der Waals surface area contributed by atoms with Crippen LogP contribution in [0.25, 0.3) is 0 Å². The average molecular weight is 244 g/mol. The summed E-state index contributed by atoms with van der Waals surface area (Å²) in [5.41, 5.74) is 0. The second-order valence-electron chi connectivity index (χ2n) is 4.25. The van der Waals surface area contributed by atoms with Crippen molar-refractivity contribution in [2.45, 2.75) is 26.3 Å². The van der Waals surface area contributed by atoms with Crippen molar-refractivity contribution in [1.82, 2.24) is 10.2 Å². The summed E-state index contributed by atoms with van der Waals surface area (Å²) in [5.74, 6) is -1.39. The molecule has 1 saturated heterocycles. The average Bonchev–Trinajstić information content (AvgIpc) is 2.29. The molecule has 17 heavy (non-hydrogen) atoms. The largest absolute Gasteiger partial charge is 0.481 e. The normalized spacial score (nSPS) is 22.0. The van der Waals surface area contributed by atoms with Crippen LogP contribution < -0.4 is 5.32 Å². The summed E-state index contributed by atoms with van der Waals surface area (Å²) in [4.78, 5) is 24.3. The van der Waals surface area contributed by atoms with Crippen LogP contribution in [-0.2, 0) is 9.53 Å². The van der Waals surface area contributed by atoms with Crippen LogP contribution in [0, 0.1) is 5.92 Å². The third kappa shape index (κ3) is 3.89. The standard InChI is InChI=1S/C11H20N2O4/c1-3-9(10(14)15)6-12-11(16)13-4-5-17-7-8(13)2/h8-9H,3-7H2,1-2H3,(H,12,16)(H,14,15). The maximum Gasteiger partial charge on any atom is 0.317 e. The van der Waals surface area contributed by atoms with Crippen molar-refractivity contribution >= 4 is 12.0 Å². The van der Waals surface area contributed by atoms with Gasteiger partial charge in [-0.05, 0) is 13.3 Å². The minimum Gasteiger partial charge on any atom is -0.481 e. The van der Waals surface area contributed by atoms with E-state index in [1.165, 1.54) is 0 Å². The molecule has 6 nitrogen and oxygen atoms in total. The molecule has 98 valence electrons. The Labute approximate surface area is 101 Å². The number of hydrogen-bond acceptors (Lipinski definition) is 3. The van der Waals surface area contributed by atoms with E-state index in [2.05, 4.69) is 5.32 Å². The molecule has 0 aromatic rings. The SMILES string of the molecule is CCC(CNC(=O)N1CCOCC1C)C(=O)O. The van der Waals surface area contributed by atoms with Gasteiger partial charge < -0.3 is 20.1 Å². The van der Waals surface area contributed by atoms with Gasteiger partial charge in [0.2, 0.25) is 0 Å². The molecule has 0 aromatic carbocycles. The lowest BCUT2D eigenvalue weighted by molar-refractivity contribution is -0.141. The molecule has 0 radical (unpaired) electrons. The van der Waals surface area contributed by atoms with E-state index in [1.807, 2.05) is 6.92 Å². The van der Waals surface area contributed by atoms with Crippen molar-refractivity contribution in [3.8, 4) is 0 Å². The van der Waals surface area contributed by atoms with Gasteiger partial charge in [-0.1, -0.05) is 6.92 Å². The molecule has 0 aromatic heterocycles. The molecule has 1 fully saturated rings. The monoisotopic (exact) mass is 244 g/mol. The fraction of sp³-hybridized carbons (Fsp3) is 0.818. The Bertz CT molecular complexity index is 283. The summed E-state index contributed by atoms with van der Waals surface area (Å²) >= 11 is 0. The predicted molar refractivity (Wildman–Crippen MR) is 61.8 cm³/mol. The Morgan fingerprint density at radius 3 is 2.82 bits per heavy atom. The quantitative estimate of drug-likeness (QED) is 0.756. The number of nitrogens with one attached hydrogen (secondary N) is 1. The molecular weight excluding hydrogens is 224 g/mol. The van der Waals surface area contributed by atoms with E-state index in [0.717, 1.165) is 0 Å². The molecule has 1 aliphatic rings. The van der Waals surface area contributed by atoms with Crippen molar-refractivity contribution in [2.75, 3.05) is 26.3 Å². The highest BCUT2D eigenvalue weighted by atomic mass is 16.5. The summed E-state index contributed by atoms with van der Waals surface area (Å²) in [6, 6.07) is -0.172. The Balaban J connectivity index is 2.40. The van der Waals surface area contributed by atoms with Crippen LogP contribution >= 0.6 is 0 Å². The van der Waals surface area contributed by atoms with E-state index in [4.69, 9.17) is 9.84 Å². The predicted octanol–water partition coefficient (Wildman–Crippen LogP) is 0.527. The number of hydrogen-bond donors (Lipinski definition) is 2. The highest BCUT2D eigenvalue weighted by Gasteiger charge is 2.24. The number of carbonyl (C=O) groups excluding carboxylic acids is 1. The van der Waals surface area contributed by atoms with E-state index < -0.39 is 11.9 Å². The minimum atomic E-state index is -0.872.